The van der Waals surface area contributed by atoms with Gasteiger partial charge >= 0.3 is 0 Å². The fraction of sp³-hybridized carbons (Fsp3) is 0.667. The Morgan fingerprint density at radius 3 is 1.54 bits per heavy atom. The molecule has 142 valence electrons. The third kappa shape index (κ3) is 3.75. The van der Waals surface area contributed by atoms with E-state index in [9.17, 15) is 0 Å². The van der Waals surface area contributed by atoms with E-state index in [0.717, 1.165) is 29.9 Å². The minimum Gasteiger partial charge on any atom is -0.303 e. The van der Waals surface area contributed by atoms with Crippen molar-refractivity contribution in [3.8, 4) is 0 Å². The SMILES string of the molecule is CC1CCN(Cn2c(=S)n(CN3CCC(C)CC3)c3ccccc32)CC1. The van der Waals surface area contributed by atoms with Crippen molar-refractivity contribution in [2.45, 2.75) is 52.9 Å². The fourth-order valence-electron chi connectivity index (χ4n) is 4.35. The van der Waals surface area contributed by atoms with Crippen molar-refractivity contribution in [2.24, 2.45) is 11.8 Å². The van der Waals surface area contributed by atoms with E-state index < -0.39 is 0 Å². The van der Waals surface area contributed by atoms with Crippen LogP contribution in [0.25, 0.3) is 11.0 Å². The number of fused-ring (bicyclic) bond motifs is 1. The van der Waals surface area contributed by atoms with E-state index in [1.807, 2.05) is 0 Å². The number of hydrogen-bond acceptors (Lipinski definition) is 3. The van der Waals surface area contributed by atoms with Crippen LogP contribution >= 0.6 is 12.2 Å². The molecular formula is C21H32N4S. The molecule has 2 aromatic rings. The van der Waals surface area contributed by atoms with Crippen molar-refractivity contribution in [3.63, 3.8) is 0 Å². The summed E-state index contributed by atoms with van der Waals surface area (Å²) >= 11 is 5.95. The Labute approximate surface area is 162 Å². The lowest BCUT2D eigenvalue weighted by Crippen LogP contribution is -2.35. The molecular weight excluding hydrogens is 340 g/mol. The van der Waals surface area contributed by atoms with Crippen molar-refractivity contribution in [1.82, 2.24) is 18.9 Å². The summed E-state index contributed by atoms with van der Waals surface area (Å²) in [5, 5.41) is 0. The van der Waals surface area contributed by atoms with Gasteiger partial charge in [0.15, 0.2) is 4.77 Å². The van der Waals surface area contributed by atoms with Gasteiger partial charge in [0.25, 0.3) is 0 Å². The van der Waals surface area contributed by atoms with Crippen LogP contribution in [0.1, 0.15) is 39.5 Å². The summed E-state index contributed by atoms with van der Waals surface area (Å²) < 4.78 is 5.68. The molecule has 2 fully saturated rings. The summed E-state index contributed by atoms with van der Waals surface area (Å²) in [5.74, 6) is 1.73. The molecule has 0 aliphatic carbocycles. The summed E-state index contributed by atoms with van der Waals surface area (Å²) in [6.07, 6.45) is 5.21. The smallest absolute Gasteiger partial charge is 0.183 e. The molecule has 4 nitrogen and oxygen atoms in total. The van der Waals surface area contributed by atoms with Crippen molar-refractivity contribution in [1.29, 1.82) is 0 Å². The third-order valence-corrected chi connectivity index (χ3v) is 6.80. The molecule has 1 aromatic carbocycles. The summed E-state index contributed by atoms with van der Waals surface area (Å²) in [7, 11) is 0. The molecule has 0 saturated carbocycles. The molecule has 0 N–H and O–H groups in total. The van der Waals surface area contributed by atoms with Crippen LogP contribution in [0.15, 0.2) is 24.3 Å². The molecule has 2 aliphatic rings. The lowest BCUT2D eigenvalue weighted by Gasteiger charge is -2.31. The zero-order valence-electron chi connectivity index (χ0n) is 16.2. The Morgan fingerprint density at radius 2 is 1.15 bits per heavy atom. The van der Waals surface area contributed by atoms with Gasteiger partial charge in [0.05, 0.1) is 24.4 Å². The topological polar surface area (TPSA) is 16.3 Å². The molecule has 0 radical (unpaired) electrons. The van der Waals surface area contributed by atoms with Crippen molar-refractivity contribution in [3.05, 3.63) is 29.0 Å². The molecule has 0 spiro atoms. The highest BCUT2D eigenvalue weighted by molar-refractivity contribution is 7.71. The first-order valence-corrected chi connectivity index (χ1v) is 10.7. The molecule has 26 heavy (non-hydrogen) atoms. The number of piperidine rings is 2. The van der Waals surface area contributed by atoms with Gasteiger partial charge in [-0.1, -0.05) is 26.0 Å². The molecule has 3 heterocycles. The number of nitrogens with zero attached hydrogens (tertiary/aromatic N) is 4. The number of likely N-dealkylation sites (tertiary alicyclic amines) is 2. The van der Waals surface area contributed by atoms with Crippen LogP contribution in [-0.2, 0) is 13.3 Å². The van der Waals surface area contributed by atoms with Gasteiger partial charge in [-0.15, -0.1) is 0 Å². The Kier molecular flexibility index (Phi) is 5.48. The van der Waals surface area contributed by atoms with Crippen LogP contribution in [-0.4, -0.2) is 45.1 Å². The van der Waals surface area contributed by atoms with Crippen LogP contribution in [0.3, 0.4) is 0 Å². The second-order valence-electron chi connectivity index (χ2n) is 8.51. The lowest BCUT2D eigenvalue weighted by molar-refractivity contribution is 0.147. The normalized spacial score (nSPS) is 21.6. The highest BCUT2D eigenvalue weighted by Gasteiger charge is 2.20. The molecule has 4 rings (SSSR count). The van der Waals surface area contributed by atoms with Crippen LogP contribution in [0, 0.1) is 16.6 Å². The molecule has 2 aliphatic heterocycles. The zero-order chi connectivity index (χ0) is 18.1. The summed E-state index contributed by atoms with van der Waals surface area (Å²) in [4.78, 5) is 5.13. The Hall–Kier alpha value is -1.17. The lowest BCUT2D eigenvalue weighted by atomic mass is 10.00. The molecule has 0 amide bonds. The largest absolute Gasteiger partial charge is 0.303 e. The predicted octanol–water partition coefficient (Wildman–Crippen LogP) is 4.55. The van der Waals surface area contributed by atoms with Crippen LogP contribution in [0.4, 0.5) is 0 Å². The maximum atomic E-state index is 5.95. The Morgan fingerprint density at radius 1 is 0.769 bits per heavy atom. The first-order chi connectivity index (χ1) is 12.6. The maximum Gasteiger partial charge on any atom is 0.183 e. The Balaban J connectivity index is 1.60. The average Bonchev–Trinajstić information content (AvgIpc) is 2.91. The summed E-state index contributed by atoms with van der Waals surface area (Å²) in [5.41, 5.74) is 2.56. The van der Waals surface area contributed by atoms with E-state index in [0.29, 0.717) is 0 Å². The first-order valence-electron chi connectivity index (χ1n) is 10.2. The van der Waals surface area contributed by atoms with Gasteiger partial charge in [0.2, 0.25) is 0 Å². The first kappa shape index (κ1) is 18.2. The Bertz CT molecular complexity index is 728. The van der Waals surface area contributed by atoms with Gasteiger partial charge < -0.3 is 9.13 Å². The summed E-state index contributed by atoms with van der Waals surface area (Å²) in [6.45, 7) is 11.3. The number of imidazole rings is 1. The van der Waals surface area contributed by atoms with E-state index in [-0.39, 0.29) is 0 Å². The highest BCUT2D eigenvalue weighted by Crippen LogP contribution is 2.23. The molecule has 0 bridgehead atoms. The average molecular weight is 373 g/mol. The van der Waals surface area contributed by atoms with Crippen molar-refractivity contribution in [2.75, 3.05) is 26.2 Å². The molecule has 0 atom stereocenters. The minimum atomic E-state index is 0.863. The predicted molar refractivity (Wildman–Crippen MR) is 111 cm³/mol. The number of hydrogen-bond donors (Lipinski definition) is 0. The fourth-order valence-corrected chi connectivity index (χ4v) is 4.66. The van der Waals surface area contributed by atoms with Crippen molar-refractivity contribution >= 4 is 23.3 Å². The van der Waals surface area contributed by atoms with Gasteiger partial charge in [-0.3, -0.25) is 9.80 Å². The van der Waals surface area contributed by atoms with Crippen LogP contribution < -0.4 is 0 Å². The minimum absolute atomic E-state index is 0.863. The van der Waals surface area contributed by atoms with E-state index >= 15 is 0 Å². The number of aromatic nitrogens is 2. The maximum absolute atomic E-state index is 5.95. The van der Waals surface area contributed by atoms with E-state index in [1.165, 1.54) is 62.9 Å². The number of para-hydroxylation sites is 2. The number of rotatable bonds is 4. The standard InChI is InChI=1S/C21H32N4S/c1-17-7-11-22(12-8-17)15-24-19-5-3-4-6-20(19)25(21(24)26)16-23-13-9-18(2)10-14-23/h3-6,17-18H,7-16H2,1-2H3. The van der Waals surface area contributed by atoms with Gasteiger partial charge in [-0.2, -0.15) is 0 Å². The van der Waals surface area contributed by atoms with E-state index in [4.69, 9.17) is 12.2 Å². The second kappa shape index (κ2) is 7.83. The molecule has 5 heteroatoms. The van der Waals surface area contributed by atoms with Gasteiger partial charge in [0.1, 0.15) is 0 Å². The number of benzene rings is 1. The van der Waals surface area contributed by atoms with Crippen LogP contribution in [0.5, 0.6) is 0 Å². The monoisotopic (exact) mass is 372 g/mol. The van der Waals surface area contributed by atoms with Crippen molar-refractivity contribution < 1.29 is 0 Å². The zero-order valence-corrected chi connectivity index (χ0v) is 17.0. The van der Waals surface area contributed by atoms with Crippen LogP contribution in [0.2, 0.25) is 0 Å². The second-order valence-corrected chi connectivity index (χ2v) is 8.88. The third-order valence-electron chi connectivity index (χ3n) is 6.36. The molecule has 2 saturated heterocycles. The van der Waals surface area contributed by atoms with E-state index in [2.05, 4.69) is 57.0 Å². The molecule has 0 unspecified atom stereocenters. The molecule has 1 aromatic heterocycles. The summed E-state index contributed by atoms with van der Waals surface area (Å²) in [6, 6.07) is 8.73. The highest BCUT2D eigenvalue weighted by atomic mass is 32.1. The van der Waals surface area contributed by atoms with Gasteiger partial charge in [-0.05, 0) is 61.9 Å². The van der Waals surface area contributed by atoms with Gasteiger partial charge in [-0.25, -0.2) is 0 Å². The van der Waals surface area contributed by atoms with E-state index in [1.54, 1.807) is 0 Å². The quantitative estimate of drug-likeness (QED) is 0.733. The van der Waals surface area contributed by atoms with Gasteiger partial charge in [0, 0.05) is 26.2 Å².